The zero-order chi connectivity index (χ0) is 17.1. The Labute approximate surface area is 136 Å². The SMILES string of the molecule is C=Cc1cc(-c2ccc(C)c(OC)c2)ccc1C.CC.CC. The summed E-state index contributed by atoms with van der Waals surface area (Å²) in [6.07, 6.45) is 1.89. The van der Waals surface area contributed by atoms with Crippen LogP contribution in [0, 0.1) is 13.8 Å². The molecule has 0 radical (unpaired) electrons. The molecule has 0 aliphatic rings. The van der Waals surface area contributed by atoms with Crippen LogP contribution in [0.2, 0.25) is 0 Å². The van der Waals surface area contributed by atoms with Crippen LogP contribution in [0.3, 0.4) is 0 Å². The Morgan fingerprint density at radius 1 is 0.818 bits per heavy atom. The molecule has 2 rings (SSSR count). The van der Waals surface area contributed by atoms with Crippen LogP contribution in [0.15, 0.2) is 43.0 Å². The number of benzene rings is 2. The fourth-order valence-electron chi connectivity index (χ4n) is 2.04. The lowest BCUT2D eigenvalue weighted by Crippen LogP contribution is -1.89. The van der Waals surface area contributed by atoms with E-state index in [2.05, 4.69) is 49.9 Å². The highest BCUT2D eigenvalue weighted by atomic mass is 16.5. The van der Waals surface area contributed by atoms with Crippen molar-refractivity contribution in [2.45, 2.75) is 41.5 Å². The normalized spacial score (nSPS) is 8.86. The maximum atomic E-state index is 5.37. The average Bonchev–Trinajstić information content (AvgIpc) is 2.59. The Kier molecular flexibility index (Phi) is 9.69. The van der Waals surface area contributed by atoms with Crippen molar-refractivity contribution in [2.24, 2.45) is 0 Å². The monoisotopic (exact) mass is 298 g/mol. The summed E-state index contributed by atoms with van der Waals surface area (Å²) in [5.74, 6) is 0.924. The lowest BCUT2D eigenvalue weighted by atomic mass is 9.99. The molecule has 0 atom stereocenters. The Hall–Kier alpha value is -2.02. The van der Waals surface area contributed by atoms with Gasteiger partial charge in [-0.15, -0.1) is 0 Å². The van der Waals surface area contributed by atoms with E-state index in [0.717, 1.165) is 11.3 Å². The van der Waals surface area contributed by atoms with Crippen LogP contribution < -0.4 is 4.74 Å². The largest absolute Gasteiger partial charge is 0.496 e. The minimum absolute atomic E-state index is 0.924. The summed E-state index contributed by atoms with van der Waals surface area (Å²) in [5, 5.41) is 0. The zero-order valence-corrected chi connectivity index (χ0v) is 15.2. The van der Waals surface area contributed by atoms with Crippen LogP contribution in [0.1, 0.15) is 44.4 Å². The molecule has 0 fully saturated rings. The first kappa shape index (κ1) is 20.0. The molecular formula is C21H30O. The summed E-state index contributed by atoms with van der Waals surface area (Å²) < 4.78 is 5.37. The van der Waals surface area contributed by atoms with Crippen molar-refractivity contribution in [1.29, 1.82) is 0 Å². The van der Waals surface area contributed by atoms with Gasteiger partial charge in [0.15, 0.2) is 0 Å². The van der Waals surface area contributed by atoms with Gasteiger partial charge in [-0.05, 0) is 53.8 Å². The van der Waals surface area contributed by atoms with Gasteiger partial charge < -0.3 is 4.74 Å². The lowest BCUT2D eigenvalue weighted by Gasteiger charge is -2.09. The predicted octanol–water partition coefficient (Wildman–Crippen LogP) is 6.67. The molecule has 1 nitrogen and oxygen atoms in total. The molecule has 0 spiro atoms. The van der Waals surface area contributed by atoms with Gasteiger partial charge >= 0.3 is 0 Å². The van der Waals surface area contributed by atoms with Crippen molar-refractivity contribution in [1.82, 2.24) is 0 Å². The Morgan fingerprint density at radius 3 is 1.82 bits per heavy atom. The van der Waals surface area contributed by atoms with E-state index < -0.39 is 0 Å². The Bertz CT molecular complexity index is 582. The van der Waals surface area contributed by atoms with Gasteiger partial charge in [0, 0.05) is 0 Å². The van der Waals surface area contributed by atoms with Crippen molar-refractivity contribution in [2.75, 3.05) is 7.11 Å². The van der Waals surface area contributed by atoms with Crippen LogP contribution in [-0.4, -0.2) is 7.11 Å². The third-order valence-corrected chi connectivity index (χ3v) is 3.24. The van der Waals surface area contributed by atoms with Crippen molar-refractivity contribution >= 4 is 6.08 Å². The first-order valence-corrected chi connectivity index (χ1v) is 8.04. The average molecular weight is 298 g/mol. The maximum Gasteiger partial charge on any atom is 0.122 e. The minimum Gasteiger partial charge on any atom is -0.496 e. The first-order valence-electron chi connectivity index (χ1n) is 8.04. The second-order valence-corrected chi connectivity index (χ2v) is 4.46. The molecule has 0 saturated carbocycles. The summed E-state index contributed by atoms with van der Waals surface area (Å²) in [4.78, 5) is 0. The minimum atomic E-state index is 0.924. The van der Waals surface area contributed by atoms with Gasteiger partial charge in [-0.3, -0.25) is 0 Å². The third-order valence-electron chi connectivity index (χ3n) is 3.24. The molecule has 2 aromatic rings. The van der Waals surface area contributed by atoms with Gasteiger partial charge in [0.2, 0.25) is 0 Å². The van der Waals surface area contributed by atoms with Gasteiger partial charge in [-0.25, -0.2) is 0 Å². The van der Waals surface area contributed by atoms with E-state index in [0.29, 0.717) is 0 Å². The van der Waals surface area contributed by atoms with Gasteiger partial charge in [-0.2, -0.15) is 0 Å². The molecule has 1 heteroatoms. The molecule has 0 N–H and O–H groups in total. The molecule has 22 heavy (non-hydrogen) atoms. The van der Waals surface area contributed by atoms with E-state index in [9.17, 15) is 0 Å². The molecular weight excluding hydrogens is 268 g/mol. The number of hydrogen-bond donors (Lipinski definition) is 0. The molecule has 0 amide bonds. The fourth-order valence-corrected chi connectivity index (χ4v) is 2.04. The van der Waals surface area contributed by atoms with Crippen LogP contribution in [0.4, 0.5) is 0 Å². The van der Waals surface area contributed by atoms with E-state index in [4.69, 9.17) is 4.74 Å². The molecule has 0 saturated heterocycles. The molecule has 120 valence electrons. The summed E-state index contributed by atoms with van der Waals surface area (Å²) >= 11 is 0. The zero-order valence-electron chi connectivity index (χ0n) is 15.2. The highest BCUT2D eigenvalue weighted by Gasteiger charge is 2.04. The standard InChI is InChI=1S/C17H18O.2C2H6/c1-5-14-10-15(8-6-12(14)2)16-9-7-13(3)17(11-16)18-4;2*1-2/h5-11H,1H2,2-4H3;2*1-2H3. The second-order valence-electron chi connectivity index (χ2n) is 4.46. The van der Waals surface area contributed by atoms with E-state index >= 15 is 0 Å². The number of methoxy groups -OCH3 is 1. The van der Waals surface area contributed by atoms with Gasteiger partial charge in [0.1, 0.15) is 5.75 Å². The summed E-state index contributed by atoms with van der Waals surface area (Å²) in [6, 6.07) is 12.7. The Morgan fingerprint density at radius 2 is 1.32 bits per heavy atom. The van der Waals surface area contributed by atoms with Gasteiger partial charge in [0.25, 0.3) is 0 Å². The van der Waals surface area contributed by atoms with E-state index in [1.54, 1.807) is 7.11 Å². The van der Waals surface area contributed by atoms with Crippen molar-refractivity contribution in [3.05, 3.63) is 59.7 Å². The van der Waals surface area contributed by atoms with Gasteiger partial charge in [-0.1, -0.05) is 64.6 Å². The highest BCUT2D eigenvalue weighted by molar-refractivity contribution is 5.70. The third kappa shape index (κ3) is 5.07. The van der Waals surface area contributed by atoms with Crippen LogP contribution in [0.25, 0.3) is 17.2 Å². The van der Waals surface area contributed by atoms with Crippen molar-refractivity contribution in [3.8, 4) is 16.9 Å². The summed E-state index contributed by atoms with van der Waals surface area (Å²) in [6.45, 7) is 16.0. The second kappa shape index (κ2) is 10.7. The molecule has 0 unspecified atom stereocenters. The van der Waals surface area contributed by atoms with Crippen molar-refractivity contribution in [3.63, 3.8) is 0 Å². The first-order chi connectivity index (χ1) is 10.7. The molecule has 0 aliphatic heterocycles. The number of ether oxygens (including phenoxy) is 1. The number of hydrogen-bond acceptors (Lipinski definition) is 1. The topological polar surface area (TPSA) is 9.23 Å². The van der Waals surface area contributed by atoms with Gasteiger partial charge in [0.05, 0.1) is 7.11 Å². The van der Waals surface area contributed by atoms with Crippen LogP contribution in [-0.2, 0) is 0 Å². The van der Waals surface area contributed by atoms with Crippen LogP contribution in [0.5, 0.6) is 5.75 Å². The fraction of sp³-hybridized carbons (Fsp3) is 0.333. The molecule has 0 aliphatic carbocycles. The quantitative estimate of drug-likeness (QED) is 0.614. The molecule has 2 aromatic carbocycles. The smallest absolute Gasteiger partial charge is 0.122 e. The lowest BCUT2D eigenvalue weighted by molar-refractivity contribution is 0.412. The van der Waals surface area contributed by atoms with Crippen molar-refractivity contribution < 1.29 is 4.74 Å². The summed E-state index contributed by atoms with van der Waals surface area (Å²) in [5.41, 5.74) is 5.92. The predicted molar refractivity (Wildman–Crippen MR) is 101 cm³/mol. The van der Waals surface area contributed by atoms with E-state index in [1.165, 1.54) is 22.3 Å². The van der Waals surface area contributed by atoms with E-state index in [-0.39, 0.29) is 0 Å². The Balaban J connectivity index is 0.00000102. The summed E-state index contributed by atoms with van der Waals surface area (Å²) in [7, 11) is 1.70. The molecule has 0 bridgehead atoms. The molecule has 0 aromatic heterocycles. The van der Waals surface area contributed by atoms with E-state index in [1.807, 2.05) is 40.7 Å². The highest BCUT2D eigenvalue weighted by Crippen LogP contribution is 2.28. The maximum absolute atomic E-state index is 5.37. The number of rotatable bonds is 3. The molecule has 0 heterocycles. The van der Waals surface area contributed by atoms with Crippen LogP contribution >= 0.6 is 0 Å². The number of aryl methyl sites for hydroxylation is 2.